The summed E-state index contributed by atoms with van der Waals surface area (Å²) in [6, 6.07) is 6.70. The summed E-state index contributed by atoms with van der Waals surface area (Å²) in [4.78, 5) is 12.4. The molecule has 0 bridgehead atoms. The molecular weight excluding hydrogens is 328 g/mol. The second-order valence-electron chi connectivity index (χ2n) is 5.84. The molecular formula is C17H26N2O4S. The zero-order chi connectivity index (χ0) is 17.6. The first-order valence-corrected chi connectivity index (χ1v) is 9.87. The lowest BCUT2D eigenvalue weighted by Gasteiger charge is -2.21. The summed E-state index contributed by atoms with van der Waals surface area (Å²) in [5.41, 5.74) is 0.883. The van der Waals surface area contributed by atoms with E-state index in [9.17, 15) is 13.2 Å². The maximum atomic E-state index is 12.4. The molecule has 1 heterocycles. The van der Waals surface area contributed by atoms with Gasteiger partial charge in [0.25, 0.3) is 0 Å². The lowest BCUT2D eigenvalue weighted by molar-refractivity contribution is -0.128. The van der Waals surface area contributed by atoms with E-state index in [0.717, 1.165) is 18.4 Å². The number of nitrogens with one attached hydrogen (secondary N) is 1. The second-order valence-corrected chi connectivity index (χ2v) is 7.78. The van der Waals surface area contributed by atoms with Crippen LogP contribution in [0.2, 0.25) is 0 Å². The highest BCUT2D eigenvalue weighted by molar-refractivity contribution is 7.89. The normalized spacial score (nSPS) is 16.3. The van der Waals surface area contributed by atoms with E-state index < -0.39 is 10.0 Å². The number of carbonyl (C=O) groups excluding carboxylic acids is 1. The molecule has 24 heavy (non-hydrogen) atoms. The van der Waals surface area contributed by atoms with Gasteiger partial charge < -0.3 is 10.1 Å². The number of amides is 1. The molecule has 134 valence electrons. The molecule has 1 aromatic rings. The monoisotopic (exact) mass is 354 g/mol. The number of carbonyl (C=O) groups is 1. The fraction of sp³-hybridized carbons (Fsp3) is 0.588. The second kappa shape index (κ2) is 8.60. The molecule has 0 saturated carbocycles. The molecule has 0 unspecified atom stereocenters. The van der Waals surface area contributed by atoms with Gasteiger partial charge in [0.1, 0.15) is 0 Å². The smallest absolute Gasteiger partial charge is 0.243 e. The Morgan fingerprint density at radius 3 is 2.29 bits per heavy atom. The van der Waals surface area contributed by atoms with Crippen molar-refractivity contribution in [3.63, 3.8) is 0 Å². The van der Waals surface area contributed by atoms with Crippen LogP contribution in [-0.4, -0.2) is 44.9 Å². The van der Waals surface area contributed by atoms with Gasteiger partial charge in [-0.1, -0.05) is 26.0 Å². The quantitative estimate of drug-likeness (QED) is 0.809. The summed E-state index contributed by atoms with van der Waals surface area (Å²) in [7, 11) is -3.43. The van der Waals surface area contributed by atoms with E-state index in [0.29, 0.717) is 32.8 Å². The van der Waals surface area contributed by atoms with Gasteiger partial charge >= 0.3 is 0 Å². The Morgan fingerprint density at radius 1 is 1.17 bits per heavy atom. The van der Waals surface area contributed by atoms with Gasteiger partial charge in [0, 0.05) is 38.8 Å². The Labute approximate surface area is 144 Å². The Balaban J connectivity index is 1.95. The van der Waals surface area contributed by atoms with E-state index in [1.165, 1.54) is 4.31 Å². The summed E-state index contributed by atoms with van der Waals surface area (Å²) in [6.07, 6.45) is 1.51. The van der Waals surface area contributed by atoms with Crippen LogP contribution in [0.25, 0.3) is 0 Å². The molecule has 7 heteroatoms. The van der Waals surface area contributed by atoms with Crippen LogP contribution in [0.3, 0.4) is 0 Å². The fourth-order valence-corrected chi connectivity index (χ4v) is 4.24. The molecule has 2 rings (SSSR count). The number of rotatable bonds is 7. The van der Waals surface area contributed by atoms with Crippen LogP contribution < -0.4 is 5.32 Å². The van der Waals surface area contributed by atoms with Crippen molar-refractivity contribution in [2.45, 2.75) is 38.1 Å². The molecule has 1 saturated heterocycles. The van der Waals surface area contributed by atoms with Gasteiger partial charge in [-0.05, 0) is 30.5 Å². The average Bonchev–Trinajstić information content (AvgIpc) is 2.61. The molecule has 1 fully saturated rings. The SMILES string of the molecule is CCN(CC)S(=O)(=O)c1ccc(CNC(=O)C2CCOCC2)cc1. The Bertz CT molecular complexity index is 633. The van der Waals surface area contributed by atoms with E-state index in [2.05, 4.69) is 5.32 Å². The standard InChI is InChI=1S/C17H26N2O4S/c1-3-19(4-2)24(21,22)16-7-5-14(6-8-16)13-18-17(20)15-9-11-23-12-10-15/h5-8,15H,3-4,9-13H2,1-2H3,(H,18,20). The number of benzene rings is 1. The number of sulfonamides is 1. The highest BCUT2D eigenvalue weighted by Crippen LogP contribution is 2.17. The third-order valence-corrected chi connectivity index (χ3v) is 6.39. The van der Waals surface area contributed by atoms with Crippen molar-refractivity contribution in [3.05, 3.63) is 29.8 Å². The first-order valence-electron chi connectivity index (χ1n) is 8.43. The molecule has 0 atom stereocenters. The zero-order valence-corrected chi connectivity index (χ0v) is 15.1. The third kappa shape index (κ3) is 4.55. The van der Waals surface area contributed by atoms with Crippen LogP contribution >= 0.6 is 0 Å². The summed E-state index contributed by atoms with van der Waals surface area (Å²) in [5.74, 6) is 0.0548. The van der Waals surface area contributed by atoms with Gasteiger partial charge in [-0.25, -0.2) is 8.42 Å². The predicted octanol–water partition coefficient (Wildman–Crippen LogP) is 1.76. The van der Waals surface area contributed by atoms with E-state index in [4.69, 9.17) is 4.74 Å². The summed E-state index contributed by atoms with van der Waals surface area (Å²) >= 11 is 0. The van der Waals surface area contributed by atoms with Crippen molar-refractivity contribution in [1.82, 2.24) is 9.62 Å². The van der Waals surface area contributed by atoms with E-state index in [-0.39, 0.29) is 16.7 Å². The summed E-state index contributed by atoms with van der Waals surface area (Å²) in [6.45, 7) is 6.21. The van der Waals surface area contributed by atoms with Crippen LogP contribution in [0.1, 0.15) is 32.3 Å². The number of ether oxygens (including phenoxy) is 1. The number of hydrogen-bond donors (Lipinski definition) is 1. The van der Waals surface area contributed by atoms with Crippen LogP contribution in [-0.2, 0) is 26.1 Å². The van der Waals surface area contributed by atoms with E-state index in [1.54, 1.807) is 24.3 Å². The molecule has 6 nitrogen and oxygen atoms in total. The minimum absolute atomic E-state index is 0.0149. The lowest BCUT2D eigenvalue weighted by atomic mass is 9.99. The van der Waals surface area contributed by atoms with Crippen LogP contribution in [0.5, 0.6) is 0 Å². The average molecular weight is 354 g/mol. The van der Waals surface area contributed by atoms with Crippen LogP contribution in [0.4, 0.5) is 0 Å². The molecule has 0 spiro atoms. The molecule has 0 aliphatic carbocycles. The molecule has 0 radical (unpaired) electrons. The van der Waals surface area contributed by atoms with Crippen LogP contribution in [0.15, 0.2) is 29.2 Å². The number of nitrogens with zero attached hydrogens (tertiary/aromatic N) is 1. The van der Waals surface area contributed by atoms with Crippen molar-refractivity contribution < 1.29 is 17.9 Å². The first-order chi connectivity index (χ1) is 11.5. The van der Waals surface area contributed by atoms with Gasteiger partial charge in [-0.15, -0.1) is 0 Å². The predicted molar refractivity (Wildman–Crippen MR) is 91.9 cm³/mol. The molecule has 1 amide bonds. The molecule has 1 aromatic carbocycles. The maximum Gasteiger partial charge on any atom is 0.243 e. The zero-order valence-electron chi connectivity index (χ0n) is 14.3. The fourth-order valence-electron chi connectivity index (χ4n) is 2.79. The molecule has 1 aliphatic heterocycles. The third-order valence-electron chi connectivity index (χ3n) is 4.33. The van der Waals surface area contributed by atoms with E-state index >= 15 is 0 Å². The van der Waals surface area contributed by atoms with Crippen molar-refractivity contribution in [3.8, 4) is 0 Å². The molecule has 1 aliphatic rings. The topological polar surface area (TPSA) is 75.7 Å². The highest BCUT2D eigenvalue weighted by atomic mass is 32.2. The Hall–Kier alpha value is -1.44. The minimum atomic E-state index is -3.43. The molecule has 0 aromatic heterocycles. The maximum absolute atomic E-state index is 12.4. The summed E-state index contributed by atoms with van der Waals surface area (Å²) in [5, 5.41) is 2.92. The minimum Gasteiger partial charge on any atom is -0.381 e. The first kappa shape index (κ1) is 18.9. The van der Waals surface area contributed by atoms with Gasteiger partial charge in [0.15, 0.2) is 0 Å². The summed E-state index contributed by atoms with van der Waals surface area (Å²) < 4.78 is 31.5. The van der Waals surface area contributed by atoms with Gasteiger partial charge in [-0.3, -0.25) is 4.79 Å². The molecule has 1 N–H and O–H groups in total. The van der Waals surface area contributed by atoms with E-state index in [1.807, 2.05) is 13.8 Å². The lowest BCUT2D eigenvalue weighted by Crippen LogP contribution is -2.33. The number of hydrogen-bond acceptors (Lipinski definition) is 4. The van der Waals surface area contributed by atoms with Crippen LogP contribution in [0, 0.1) is 5.92 Å². The van der Waals surface area contributed by atoms with Gasteiger partial charge in [0.05, 0.1) is 4.90 Å². The van der Waals surface area contributed by atoms with Crippen molar-refractivity contribution >= 4 is 15.9 Å². The largest absolute Gasteiger partial charge is 0.381 e. The Morgan fingerprint density at radius 2 is 1.75 bits per heavy atom. The van der Waals surface area contributed by atoms with Gasteiger partial charge in [-0.2, -0.15) is 4.31 Å². The van der Waals surface area contributed by atoms with Crippen molar-refractivity contribution in [1.29, 1.82) is 0 Å². The van der Waals surface area contributed by atoms with Crippen molar-refractivity contribution in [2.24, 2.45) is 5.92 Å². The van der Waals surface area contributed by atoms with Gasteiger partial charge in [0.2, 0.25) is 15.9 Å². The Kier molecular flexibility index (Phi) is 6.77. The highest BCUT2D eigenvalue weighted by Gasteiger charge is 2.22. The van der Waals surface area contributed by atoms with Crippen molar-refractivity contribution in [2.75, 3.05) is 26.3 Å².